The van der Waals surface area contributed by atoms with E-state index in [1.54, 1.807) is 0 Å². The second-order valence-electron chi connectivity index (χ2n) is 8.52. The van der Waals surface area contributed by atoms with E-state index >= 15 is 4.39 Å². The van der Waals surface area contributed by atoms with Crippen molar-refractivity contribution >= 4 is 11.8 Å². The van der Waals surface area contributed by atoms with Crippen LogP contribution in [0.2, 0.25) is 0 Å². The van der Waals surface area contributed by atoms with Crippen LogP contribution in [0.3, 0.4) is 0 Å². The molecule has 0 radical (unpaired) electrons. The molecule has 2 fully saturated rings. The molecule has 32 heavy (non-hydrogen) atoms. The number of nitrogens with zero attached hydrogens (tertiary/aromatic N) is 1. The first kappa shape index (κ1) is 26.2. The van der Waals surface area contributed by atoms with Gasteiger partial charge in [0.25, 0.3) is 0 Å². The minimum atomic E-state index is -5.08. The zero-order valence-corrected chi connectivity index (χ0v) is 17.7. The van der Waals surface area contributed by atoms with Crippen molar-refractivity contribution in [3.8, 4) is 0 Å². The van der Waals surface area contributed by atoms with Gasteiger partial charge in [0.05, 0.1) is 0 Å². The molecule has 1 aliphatic carbocycles. The van der Waals surface area contributed by atoms with Crippen molar-refractivity contribution in [3.05, 3.63) is 35.6 Å². The van der Waals surface area contributed by atoms with Crippen molar-refractivity contribution in [2.75, 3.05) is 19.6 Å². The summed E-state index contributed by atoms with van der Waals surface area (Å²) in [6.07, 6.45) is 1.13. The highest BCUT2D eigenvalue weighted by Gasteiger charge is 2.42. The molecular weight excluding hydrogens is 435 g/mol. The summed E-state index contributed by atoms with van der Waals surface area (Å²) in [6.45, 7) is 2.19. The highest BCUT2D eigenvalue weighted by atomic mass is 19.4. The Bertz CT molecular complexity index is 754. The second-order valence-corrected chi connectivity index (χ2v) is 8.52. The Hall–Kier alpha value is -2.07. The smallest absolute Gasteiger partial charge is 0.475 e. The zero-order valence-electron chi connectivity index (χ0n) is 17.7. The van der Waals surface area contributed by atoms with Gasteiger partial charge in [-0.2, -0.15) is 13.2 Å². The quantitative estimate of drug-likeness (QED) is 0.500. The lowest BCUT2D eigenvalue weighted by molar-refractivity contribution is -0.192. The molecule has 1 aromatic rings. The highest BCUT2D eigenvalue weighted by Crippen LogP contribution is 2.32. The minimum Gasteiger partial charge on any atom is -0.475 e. The summed E-state index contributed by atoms with van der Waals surface area (Å²) in [5, 5.41) is 7.12. The van der Waals surface area contributed by atoms with Crippen LogP contribution in [0, 0.1) is 11.7 Å². The Balaban J connectivity index is 0.000000451. The monoisotopic (exact) mass is 464 g/mol. The summed E-state index contributed by atoms with van der Waals surface area (Å²) < 4.78 is 59.8. The Morgan fingerprint density at radius 2 is 1.56 bits per heavy atom. The molecule has 0 bridgehead atoms. The van der Waals surface area contributed by atoms with Crippen LogP contribution in [0.25, 0.3) is 0 Å². The number of piperidine rings is 1. The van der Waals surface area contributed by atoms with E-state index in [4.69, 9.17) is 15.6 Å². The van der Waals surface area contributed by atoms with Crippen molar-refractivity contribution in [3.63, 3.8) is 0 Å². The average Bonchev–Trinajstić information content (AvgIpc) is 2.74. The number of carboxylic acid groups (broad SMARTS) is 1. The van der Waals surface area contributed by atoms with Crippen LogP contribution in [-0.4, -0.2) is 59.3 Å². The molecule has 0 aromatic heterocycles. The van der Waals surface area contributed by atoms with Crippen molar-refractivity contribution in [2.45, 2.75) is 62.8 Å². The van der Waals surface area contributed by atoms with Gasteiger partial charge in [-0.3, -0.25) is 4.79 Å². The Labute approximate surface area is 183 Å². The molecule has 0 spiro atoms. The molecule has 3 rings (SSSR count). The molecule has 10 heteroatoms. The average molecular weight is 464 g/mol. The van der Waals surface area contributed by atoms with Crippen molar-refractivity contribution in [1.82, 2.24) is 4.90 Å². The van der Waals surface area contributed by atoms with Gasteiger partial charge < -0.3 is 15.7 Å². The maximum Gasteiger partial charge on any atom is 0.490 e. The minimum absolute atomic E-state index is 0.221. The second kappa shape index (κ2) is 11.2. The first-order valence-corrected chi connectivity index (χ1v) is 10.7. The van der Waals surface area contributed by atoms with E-state index < -0.39 is 29.4 Å². The van der Waals surface area contributed by atoms with E-state index in [2.05, 4.69) is 4.90 Å². The number of hydrogen-bond acceptors (Lipinski definition) is 4. The van der Waals surface area contributed by atoms with E-state index in [0.717, 1.165) is 31.7 Å². The fourth-order valence-electron chi connectivity index (χ4n) is 4.06. The lowest BCUT2D eigenvalue weighted by atomic mass is 9.83. The van der Waals surface area contributed by atoms with Gasteiger partial charge in [-0.15, -0.1) is 0 Å². The molecule has 1 saturated carbocycles. The molecule has 0 atom stereocenters. The molecule has 0 unspecified atom stereocenters. The third-order valence-corrected chi connectivity index (χ3v) is 6.15. The standard InChI is InChI=1S/C20H28F2N2O.C2HF3O2/c21-17-5-3-16(4-6-17)19(25)20(22)10-13-24(14-11-20)12-9-15-1-7-18(23)8-2-15;3-2(4,5)1(6)7/h3-6,15,18H,1-2,7-14,23H2;(H,6,7)/t15-,18-;. The molecule has 5 nitrogen and oxygen atoms in total. The number of carbonyl (C=O) groups excluding carboxylic acids is 1. The number of alkyl halides is 4. The number of benzene rings is 1. The first-order valence-electron chi connectivity index (χ1n) is 10.7. The van der Waals surface area contributed by atoms with Crippen molar-refractivity contribution < 1.29 is 36.6 Å². The van der Waals surface area contributed by atoms with E-state index in [-0.39, 0.29) is 18.4 Å². The van der Waals surface area contributed by atoms with Crippen LogP contribution in [0.15, 0.2) is 24.3 Å². The van der Waals surface area contributed by atoms with E-state index in [1.165, 1.54) is 37.1 Å². The van der Waals surface area contributed by atoms with Crippen LogP contribution in [0.4, 0.5) is 22.0 Å². The Morgan fingerprint density at radius 1 is 1.06 bits per heavy atom. The zero-order chi connectivity index (χ0) is 23.9. The third-order valence-electron chi connectivity index (χ3n) is 6.15. The number of hydrogen-bond donors (Lipinski definition) is 2. The van der Waals surface area contributed by atoms with Crippen molar-refractivity contribution in [2.24, 2.45) is 11.7 Å². The largest absolute Gasteiger partial charge is 0.490 e. The summed E-state index contributed by atoms with van der Waals surface area (Å²) >= 11 is 0. The Morgan fingerprint density at radius 3 is 2.03 bits per heavy atom. The lowest BCUT2D eigenvalue weighted by Gasteiger charge is -2.36. The normalized spacial score (nSPS) is 23.7. The number of likely N-dealkylation sites (tertiary alicyclic amines) is 1. The number of Topliss-reactive ketones (excluding diaryl/α,β-unsaturated/α-hetero) is 1. The number of nitrogens with two attached hydrogens (primary N) is 1. The summed E-state index contributed by atoms with van der Waals surface area (Å²) in [5.74, 6) is -2.94. The van der Waals surface area contributed by atoms with Crippen LogP contribution < -0.4 is 5.73 Å². The molecule has 1 heterocycles. The van der Waals surface area contributed by atoms with Gasteiger partial charge in [-0.25, -0.2) is 13.6 Å². The third kappa shape index (κ3) is 7.81. The molecule has 1 aliphatic heterocycles. The number of ketones is 1. The van der Waals surface area contributed by atoms with E-state index in [9.17, 15) is 22.4 Å². The molecule has 2 aliphatic rings. The molecule has 1 saturated heterocycles. The van der Waals surface area contributed by atoms with Gasteiger partial charge in [-0.1, -0.05) is 0 Å². The number of carbonyl (C=O) groups is 2. The topological polar surface area (TPSA) is 83.6 Å². The molecular formula is C22H29F5N2O3. The maximum atomic E-state index is 15.1. The van der Waals surface area contributed by atoms with Crippen LogP contribution >= 0.6 is 0 Å². The highest BCUT2D eigenvalue weighted by molar-refractivity contribution is 6.02. The van der Waals surface area contributed by atoms with Gasteiger partial charge in [-0.05, 0) is 68.8 Å². The molecule has 180 valence electrons. The van der Waals surface area contributed by atoms with Gasteiger partial charge >= 0.3 is 12.1 Å². The number of rotatable bonds is 5. The SMILES string of the molecule is N[C@H]1CC[C@H](CCN2CCC(F)(C(=O)c3ccc(F)cc3)CC2)CC1.O=C(O)C(F)(F)F. The molecule has 1 aromatic carbocycles. The molecule has 3 N–H and O–H groups in total. The first-order chi connectivity index (χ1) is 14.9. The predicted octanol–water partition coefficient (Wildman–Crippen LogP) is 4.35. The van der Waals surface area contributed by atoms with Crippen LogP contribution in [0.1, 0.15) is 55.3 Å². The fourth-order valence-corrected chi connectivity index (χ4v) is 4.06. The van der Waals surface area contributed by atoms with E-state index in [0.29, 0.717) is 19.1 Å². The molecule has 0 amide bonds. The van der Waals surface area contributed by atoms with Gasteiger partial charge in [0.1, 0.15) is 5.82 Å². The van der Waals surface area contributed by atoms with Gasteiger partial charge in [0.15, 0.2) is 11.5 Å². The summed E-state index contributed by atoms with van der Waals surface area (Å²) in [5.41, 5.74) is 4.39. The maximum absolute atomic E-state index is 15.1. The Kier molecular flexibility index (Phi) is 9.15. The van der Waals surface area contributed by atoms with Gasteiger partial charge in [0.2, 0.25) is 0 Å². The lowest BCUT2D eigenvalue weighted by Crippen LogP contribution is -2.47. The summed E-state index contributed by atoms with van der Waals surface area (Å²) in [4.78, 5) is 23.6. The number of halogens is 5. The summed E-state index contributed by atoms with van der Waals surface area (Å²) in [6, 6.07) is 5.54. The van der Waals surface area contributed by atoms with Crippen molar-refractivity contribution in [1.29, 1.82) is 0 Å². The van der Waals surface area contributed by atoms with Crippen LogP contribution in [-0.2, 0) is 4.79 Å². The van der Waals surface area contributed by atoms with Gasteiger partial charge in [0, 0.05) is 37.5 Å². The fraction of sp³-hybridized carbons (Fsp3) is 0.636. The number of aliphatic carboxylic acids is 1. The van der Waals surface area contributed by atoms with Crippen LogP contribution in [0.5, 0.6) is 0 Å². The van der Waals surface area contributed by atoms with E-state index in [1.807, 2.05) is 0 Å². The predicted molar refractivity (Wildman–Crippen MR) is 108 cm³/mol. The number of carboxylic acids is 1. The summed E-state index contributed by atoms with van der Waals surface area (Å²) in [7, 11) is 0.